The number of esters is 1. The van der Waals surface area contributed by atoms with E-state index in [1.54, 1.807) is 11.8 Å². The first-order chi connectivity index (χ1) is 11.0. The predicted molar refractivity (Wildman–Crippen MR) is 92.5 cm³/mol. The maximum absolute atomic E-state index is 12.7. The summed E-state index contributed by atoms with van der Waals surface area (Å²) in [6.07, 6.45) is 3.59. The van der Waals surface area contributed by atoms with Crippen molar-refractivity contribution < 1.29 is 14.3 Å². The van der Waals surface area contributed by atoms with E-state index in [1.807, 2.05) is 38.1 Å². The molecule has 23 heavy (non-hydrogen) atoms. The molecule has 1 amide bonds. The summed E-state index contributed by atoms with van der Waals surface area (Å²) < 4.78 is 4.93. The summed E-state index contributed by atoms with van der Waals surface area (Å²) in [5.41, 5.74) is 1.92. The minimum absolute atomic E-state index is 0.0358. The number of nitrogens with zero attached hydrogens (tertiary/aromatic N) is 1. The molecular formula is C19H29NO3. The Kier molecular flexibility index (Phi) is 8.38. The predicted octanol–water partition coefficient (Wildman–Crippen LogP) is 3.83. The van der Waals surface area contributed by atoms with E-state index < -0.39 is 0 Å². The maximum atomic E-state index is 12.7. The average molecular weight is 319 g/mol. The third-order valence-electron chi connectivity index (χ3n) is 3.77. The lowest BCUT2D eigenvalue weighted by Crippen LogP contribution is -2.38. The highest BCUT2D eigenvalue weighted by Gasteiger charge is 2.19. The topological polar surface area (TPSA) is 46.6 Å². The molecule has 0 fully saturated rings. The molecule has 0 saturated heterocycles. The van der Waals surface area contributed by atoms with Gasteiger partial charge in [0.15, 0.2) is 0 Å². The zero-order valence-corrected chi connectivity index (χ0v) is 14.8. The summed E-state index contributed by atoms with van der Waals surface area (Å²) in [5.74, 6) is -0.299. The first-order valence-corrected chi connectivity index (χ1v) is 8.55. The normalized spacial score (nSPS) is 10.7. The van der Waals surface area contributed by atoms with Crippen LogP contribution in [0.25, 0.3) is 0 Å². The number of hydrogen-bond donors (Lipinski definition) is 0. The molecule has 0 unspecified atom stereocenters. The van der Waals surface area contributed by atoms with E-state index in [1.165, 1.54) is 5.56 Å². The monoisotopic (exact) mass is 319 g/mol. The molecule has 1 aromatic carbocycles. The van der Waals surface area contributed by atoms with Crippen LogP contribution in [-0.4, -0.2) is 36.0 Å². The molecule has 0 atom stereocenters. The van der Waals surface area contributed by atoms with Crippen molar-refractivity contribution in [2.24, 2.45) is 0 Å². The smallest absolute Gasteiger partial charge is 0.307 e. The molecule has 0 aromatic heterocycles. The minimum Gasteiger partial charge on any atom is -0.466 e. The number of carbonyl (C=O) groups is 2. The van der Waals surface area contributed by atoms with Gasteiger partial charge in [0.25, 0.3) is 5.91 Å². The molecule has 0 aliphatic rings. The standard InChI is InChI=1S/C19H29NO3/c1-5-7-8-16-9-11-17(12-10-16)19(22)20(15(3)4)14-13-18(21)23-6-2/h9-12,15H,5-8,13-14H2,1-4H3. The van der Waals surface area contributed by atoms with Crippen LogP contribution in [-0.2, 0) is 16.0 Å². The van der Waals surface area contributed by atoms with E-state index in [4.69, 9.17) is 4.74 Å². The fourth-order valence-corrected chi connectivity index (χ4v) is 2.40. The Morgan fingerprint density at radius 2 is 1.78 bits per heavy atom. The van der Waals surface area contributed by atoms with Crippen molar-refractivity contribution in [2.45, 2.75) is 59.4 Å². The van der Waals surface area contributed by atoms with Crippen LogP contribution < -0.4 is 0 Å². The number of benzene rings is 1. The Bertz CT molecular complexity index is 494. The molecule has 4 nitrogen and oxygen atoms in total. The van der Waals surface area contributed by atoms with Gasteiger partial charge in [-0.05, 0) is 51.3 Å². The third-order valence-corrected chi connectivity index (χ3v) is 3.77. The molecule has 0 radical (unpaired) electrons. The van der Waals surface area contributed by atoms with Crippen molar-refractivity contribution in [1.29, 1.82) is 0 Å². The SMILES string of the molecule is CCCCc1ccc(C(=O)N(CCC(=O)OCC)C(C)C)cc1. The molecule has 4 heteroatoms. The van der Waals surface area contributed by atoms with Crippen LogP contribution >= 0.6 is 0 Å². The van der Waals surface area contributed by atoms with Crippen molar-refractivity contribution in [3.8, 4) is 0 Å². The van der Waals surface area contributed by atoms with Crippen LogP contribution in [0, 0.1) is 0 Å². The van der Waals surface area contributed by atoms with Gasteiger partial charge in [0.05, 0.1) is 13.0 Å². The fraction of sp³-hybridized carbons (Fsp3) is 0.579. The lowest BCUT2D eigenvalue weighted by atomic mass is 10.1. The van der Waals surface area contributed by atoms with E-state index in [0.29, 0.717) is 18.7 Å². The van der Waals surface area contributed by atoms with Gasteiger partial charge in [0.1, 0.15) is 0 Å². The number of ether oxygens (including phenoxy) is 1. The second-order valence-electron chi connectivity index (χ2n) is 5.95. The van der Waals surface area contributed by atoms with Crippen LogP contribution in [0.5, 0.6) is 0 Å². The highest BCUT2D eigenvalue weighted by Crippen LogP contribution is 2.13. The van der Waals surface area contributed by atoms with Gasteiger partial charge in [-0.15, -0.1) is 0 Å². The van der Waals surface area contributed by atoms with E-state index >= 15 is 0 Å². The van der Waals surface area contributed by atoms with Gasteiger partial charge in [-0.25, -0.2) is 0 Å². The van der Waals surface area contributed by atoms with Gasteiger partial charge < -0.3 is 9.64 Å². The molecule has 1 aromatic rings. The number of hydrogen-bond acceptors (Lipinski definition) is 3. The van der Waals surface area contributed by atoms with E-state index in [0.717, 1.165) is 19.3 Å². The molecule has 0 heterocycles. The molecule has 0 N–H and O–H groups in total. The van der Waals surface area contributed by atoms with E-state index in [2.05, 4.69) is 6.92 Å². The van der Waals surface area contributed by atoms with Gasteiger partial charge in [-0.3, -0.25) is 9.59 Å². The zero-order chi connectivity index (χ0) is 17.2. The van der Waals surface area contributed by atoms with Crippen molar-refractivity contribution in [3.63, 3.8) is 0 Å². The quantitative estimate of drug-likeness (QED) is 0.650. The third kappa shape index (κ3) is 6.43. The molecule has 0 bridgehead atoms. The average Bonchev–Trinajstić information content (AvgIpc) is 2.53. The van der Waals surface area contributed by atoms with Crippen LogP contribution in [0.3, 0.4) is 0 Å². The van der Waals surface area contributed by atoms with Crippen molar-refractivity contribution in [2.75, 3.05) is 13.2 Å². The van der Waals surface area contributed by atoms with E-state index in [-0.39, 0.29) is 24.3 Å². The van der Waals surface area contributed by atoms with Gasteiger partial charge >= 0.3 is 5.97 Å². The van der Waals surface area contributed by atoms with Crippen molar-refractivity contribution in [1.82, 2.24) is 4.90 Å². The first kappa shape index (κ1) is 19.2. The molecule has 0 aliphatic heterocycles. The maximum Gasteiger partial charge on any atom is 0.307 e. The number of amides is 1. The Balaban J connectivity index is 2.71. The Hall–Kier alpha value is -1.84. The van der Waals surface area contributed by atoms with E-state index in [9.17, 15) is 9.59 Å². The summed E-state index contributed by atoms with van der Waals surface area (Å²) in [6.45, 7) is 8.61. The summed E-state index contributed by atoms with van der Waals surface area (Å²) in [7, 11) is 0. The summed E-state index contributed by atoms with van der Waals surface area (Å²) in [4.78, 5) is 25.9. The summed E-state index contributed by atoms with van der Waals surface area (Å²) in [6, 6.07) is 7.84. The van der Waals surface area contributed by atoms with Crippen molar-refractivity contribution in [3.05, 3.63) is 35.4 Å². The molecule has 128 valence electrons. The minimum atomic E-state index is -0.263. The number of unbranched alkanes of at least 4 members (excludes halogenated alkanes) is 1. The van der Waals surface area contributed by atoms with Gasteiger partial charge in [0, 0.05) is 18.2 Å². The molecule has 0 saturated carbocycles. The lowest BCUT2D eigenvalue weighted by Gasteiger charge is -2.26. The van der Waals surface area contributed by atoms with Gasteiger partial charge in [-0.1, -0.05) is 25.5 Å². The van der Waals surface area contributed by atoms with Gasteiger partial charge in [-0.2, -0.15) is 0 Å². The zero-order valence-electron chi connectivity index (χ0n) is 14.8. The second-order valence-corrected chi connectivity index (χ2v) is 5.95. The van der Waals surface area contributed by atoms with Crippen LogP contribution in [0.2, 0.25) is 0 Å². The number of carbonyl (C=O) groups excluding carboxylic acids is 2. The Morgan fingerprint density at radius 1 is 1.13 bits per heavy atom. The van der Waals surface area contributed by atoms with Crippen molar-refractivity contribution >= 4 is 11.9 Å². The number of aryl methyl sites for hydroxylation is 1. The molecule has 0 aliphatic carbocycles. The Morgan fingerprint density at radius 3 is 2.30 bits per heavy atom. The van der Waals surface area contributed by atoms with Crippen LogP contribution in [0.15, 0.2) is 24.3 Å². The van der Waals surface area contributed by atoms with Crippen LogP contribution in [0.1, 0.15) is 62.9 Å². The largest absolute Gasteiger partial charge is 0.466 e. The highest BCUT2D eigenvalue weighted by atomic mass is 16.5. The fourth-order valence-electron chi connectivity index (χ4n) is 2.40. The Labute approximate surface area is 139 Å². The summed E-state index contributed by atoms with van der Waals surface area (Å²) >= 11 is 0. The molecule has 0 spiro atoms. The first-order valence-electron chi connectivity index (χ1n) is 8.55. The lowest BCUT2D eigenvalue weighted by molar-refractivity contribution is -0.143. The van der Waals surface area contributed by atoms with Gasteiger partial charge in [0.2, 0.25) is 0 Å². The highest BCUT2D eigenvalue weighted by molar-refractivity contribution is 5.94. The molecule has 1 rings (SSSR count). The van der Waals surface area contributed by atoms with Crippen LogP contribution in [0.4, 0.5) is 0 Å². The summed E-state index contributed by atoms with van der Waals surface area (Å²) in [5, 5.41) is 0. The second kappa shape index (κ2) is 10.0. The molecular weight excluding hydrogens is 290 g/mol. The number of rotatable bonds is 9.